The lowest BCUT2D eigenvalue weighted by Gasteiger charge is -1.95. The number of anilines is 1. The maximum atomic E-state index is 5.47. The van der Waals surface area contributed by atoms with Gasteiger partial charge in [0, 0.05) is 18.9 Å². The Balaban J connectivity index is 2.81. The van der Waals surface area contributed by atoms with Crippen LogP contribution in [-0.4, -0.2) is 16.0 Å². The van der Waals surface area contributed by atoms with E-state index < -0.39 is 0 Å². The minimum Gasteiger partial charge on any atom is -0.382 e. The molecule has 0 saturated carbocycles. The largest absolute Gasteiger partial charge is 0.382 e. The molecular formula is C6H11N3S. The number of aromatic nitrogens is 2. The van der Waals surface area contributed by atoms with Crippen LogP contribution in [0.15, 0.2) is 6.07 Å². The highest BCUT2D eigenvalue weighted by atomic mass is 32.2. The molecule has 0 spiro atoms. The van der Waals surface area contributed by atoms with E-state index in [0.717, 1.165) is 5.75 Å². The Kier molecular flexibility index (Phi) is 2.21. The molecule has 3 nitrogen and oxygen atoms in total. The summed E-state index contributed by atoms with van der Waals surface area (Å²) in [7, 11) is 1.90. The van der Waals surface area contributed by atoms with Crippen LogP contribution in [-0.2, 0) is 12.8 Å². The third-order valence-corrected chi connectivity index (χ3v) is 1.87. The molecule has 0 atom stereocenters. The molecule has 0 aromatic carbocycles. The predicted molar refractivity (Wildman–Crippen MR) is 44.8 cm³/mol. The monoisotopic (exact) mass is 157 g/mol. The fourth-order valence-corrected chi connectivity index (χ4v) is 1.38. The van der Waals surface area contributed by atoms with E-state index in [0.29, 0.717) is 5.82 Å². The van der Waals surface area contributed by atoms with Gasteiger partial charge in [0.2, 0.25) is 0 Å². The van der Waals surface area contributed by atoms with Crippen molar-refractivity contribution in [1.82, 2.24) is 9.78 Å². The van der Waals surface area contributed by atoms with E-state index in [2.05, 4.69) is 11.4 Å². The van der Waals surface area contributed by atoms with Crippen molar-refractivity contribution in [3.05, 3.63) is 11.8 Å². The van der Waals surface area contributed by atoms with Crippen LogP contribution in [0, 0.1) is 0 Å². The molecule has 0 unspecified atom stereocenters. The van der Waals surface area contributed by atoms with Crippen molar-refractivity contribution in [3.8, 4) is 0 Å². The molecular weight excluding hydrogens is 146 g/mol. The van der Waals surface area contributed by atoms with Crippen LogP contribution < -0.4 is 5.73 Å². The van der Waals surface area contributed by atoms with Gasteiger partial charge >= 0.3 is 0 Å². The third-order valence-electron chi connectivity index (χ3n) is 1.29. The van der Waals surface area contributed by atoms with Crippen molar-refractivity contribution >= 4 is 17.6 Å². The van der Waals surface area contributed by atoms with Gasteiger partial charge in [0.1, 0.15) is 5.82 Å². The van der Waals surface area contributed by atoms with Crippen molar-refractivity contribution < 1.29 is 0 Å². The van der Waals surface area contributed by atoms with Crippen molar-refractivity contribution in [2.45, 2.75) is 5.75 Å². The van der Waals surface area contributed by atoms with Gasteiger partial charge in [-0.05, 0) is 6.26 Å². The molecule has 0 amide bonds. The van der Waals surface area contributed by atoms with Gasteiger partial charge in [-0.3, -0.25) is 4.68 Å². The zero-order chi connectivity index (χ0) is 7.56. The Labute approximate surface area is 64.6 Å². The van der Waals surface area contributed by atoms with Crippen molar-refractivity contribution in [3.63, 3.8) is 0 Å². The summed E-state index contributed by atoms with van der Waals surface area (Å²) < 4.78 is 1.81. The molecule has 1 heterocycles. The first-order valence-electron chi connectivity index (χ1n) is 3.01. The van der Waals surface area contributed by atoms with E-state index in [4.69, 9.17) is 5.73 Å². The van der Waals surface area contributed by atoms with Gasteiger partial charge < -0.3 is 5.73 Å². The Bertz CT molecular complexity index is 219. The van der Waals surface area contributed by atoms with E-state index in [1.54, 1.807) is 11.8 Å². The molecule has 10 heavy (non-hydrogen) atoms. The summed E-state index contributed by atoms with van der Waals surface area (Å²) in [6.45, 7) is 0. The lowest BCUT2D eigenvalue weighted by Crippen LogP contribution is -1.96. The number of hydrogen-bond acceptors (Lipinski definition) is 3. The van der Waals surface area contributed by atoms with Gasteiger partial charge in [-0.15, -0.1) is 0 Å². The average molecular weight is 157 g/mol. The lowest BCUT2D eigenvalue weighted by molar-refractivity contribution is 0.740. The molecule has 0 saturated heterocycles. The second kappa shape index (κ2) is 2.96. The van der Waals surface area contributed by atoms with Gasteiger partial charge in [0.05, 0.1) is 5.69 Å². The quantitative estimate of drug-likeness (QED) is 0.692. The van der Waals surface area contributed by atoms with Crippen LogP contribution in [0.3, 0.4) is 0 Å². The Morgan fingerprint density at radius 2 is 2.50 bits per heavy atom. The lowest BCUT2D eigenvalue weighted by atomic mass is 10.5. The van der Waals surface area contributed by atoms with Crippen molar-refractivity contribution in [2.75, 3.05) is 12.0 Å². The fraction of sp³-hybridized carbons (Fsp3) is 0.500. The number of thioether (sulfide) groups is 1. The first-order valence-corrected chi connectivity index (χ1v) is 4.40. The molecule has 0 fully saturated rings. The van der Waals surface area contributed by atoms with E-state index in [1.807, 2.05) is 17.8 Å². The average Bonchev–Trinajstić information content (AvgIpc) is 2.13. The smallest absolute Gasteiger partial charge is 0.145 e. The van der Waals surface area contributed by atoms with Crippen molar-refractivity contribution in [1.29, 1.82) is 0 Å². The molecule has 0 aliphatic carbocycles. The molecule has 0 bridgehead atoms. The summed E-state index contributed by atoms with van der Waals surface area (Å²) in [5, 5.41) is 4.01. The molecule has 0 aliphatic rings. The summed E-state index contributed by atoms with van der Waals surface area (Å²) in [4.78, 5) is 0. The number of nitrogen functional groups attached to an aromatic ring is 1. The first kappa shape index (κ1) is 7.47. The SMILES string of the molecule is CSCc1cc(N)nn1C. The standard InChI is InChI=1S/C6H11N3S/c1-9-5(4-10-2)3-6(7)8-9/h3H,4H2,1-2H3,(H2,7,8). The molecule has 2 N–H and O–H groups in total. The topological polar surface area (TPSA) is 43.8 Å². The Morgan fingerprint density at radius 1 is 1.80 bits per heavy atom. The summed E-state index contributed by atoms with van der Waals surface area (Å²) in [5.41, 5.74) is 6.64. The first-order chi connectivity index (χ1) is 4.74. The van der Waals surface area contributed by atoms with Crippen LogP contribution in [0.2, 0.25) is 0 Å². The maximum absolute atomic E-state index is 5.47. The fourth-order valence-electron chi connectivity index (χ4n) is 0.813. The van der Waals surface area contributed by atoms with Crippen LogP contribution >= 0.6 is 11.8 Å². The molecule has 1 aromatic rings. The minimum atomic E-state index is 0.603. The number of nitrogens with two attached hydrogens (primary N) is 1. The van der Waals surface area contributed by atoms with E-state index >= 15 is 0 Å². The van der Waals surface area contributed by atoms with Gasteiger partial charge in [0.15, 0.2) is 0 Å². The van der Waals surface area contributed by atoms with Gasteiger partial charge in [-0.2, -0.15) is 16.9 Å². The number of rotatable bonds is 2. The van der Waals surface area contributed by atoms with E-state index in [9.17, 15) is 0 Å². The highest BCUT2D eigenvalue weighted by Gasteiger charge is 1.99. The maximum Gasteiger partial charge on any atom is 0.145 e. The summed E-state index contributed by atoms with van der Waals surface area (Å²) >= 11 is 1.77. The highest BCUT2D eigenvalue weighted by Crippen LogP contribution is 2.10. The number of hydrogen-bond donors (Lipinski definition) is 1. The molecule has 0 aliphatic heterocycles. The second-order valence-electron chi connectivity index (χ2n) is 2.12. The Hall–Kier alpha value is -0.640. The summed E-state index contributed by atoms with van der Waals surface area (Å²) in [6, 6.07) is 1.90. The van der Waals surface area contributed by atoms with Crippen LogP contribution in [0.25, 0.3) is 0 Å². The Morgan fingerprint density at radius 3 is 2.90 bits per heavy atom. The molecule has 1 rings (SSSR count). The number of nitrogens with zero attached hydrogens (tertiary/aromatic N) is 2. The third kappa shape index (κ3) is 1.44. The number of aryl methyl sites for hydroxylation is 1. The second-order valence-corrected chi connectivity index (χ2v) is 2.98. The zero-order valence-corrected chi connectivity index (χ0v) is 6.98. The molecule has 56 valence electrons. The summed E-state index contributed by atoms with van der Waals surface area (Å²) in [6.07, 6.45) is 2.06. The molecule has 1 aromatic heterocycles. The van der Waals surface area contributed by atoms with E-state index in [1.165, 1.54) is 5.69 Å². The molecule has 0 radical (unpaired) electrons. The van der Waals surface area contributed by atoms with Crippen LogP contribution in [0.1, 0.15) is 5.69 Å². The van der Waals surface area contributed by atoms with Crippen LogP contribution in [0.5, 0.6) is 0 Å². The summed E-state index contributed by atoms with van der Waals surface area (Å²) in [5.74, 6) is 1.58. The predicted octanol–water partition coefficient (Wildman–Crippen LogP) is 0.865. The van der Waals surface area contributed by atoms with Crippen molar-refractivity contribution in [2.24, 2.45) is 7.05 Å². The van der Waals surface area contributed by atoms with Gasteiger partial charge in [0.25, 0.3) is 0 Å². The van der Waals surface area contributed by atoms with Gasteiger partial charge in [-0.1, -0.05) is 0 Å². The zero-order valence-electron chi connectivity index (χ0n) is 6.16. The van der Waals surface area contributed by atoms with Crippen LogP contribution in [0.4, 0.5) is 5.82 Å². The van der Waals surface area contributed by atoms with E-state index in [-0.39, 0.29) is 0 Å². The highest BCUT2D eigenvalue weighted by molar-refractivity contribution is 7.97. The minimum absolute atomic E-state index is 0.603. The normalized spacial score (nSPS) is 10.2. The molecule has 4 heteroatoms. The van der Waals surface area contributed by atoms with Gasteiger partial charge in [-0.25, -0.2) is 0 Å².